The van der Waals surface area contributed by atoms with Gasteiger partial charge in [-0.1, -0.05) is 0 Å². The van der Waals surface area contributed by atoms with Crippen LogP contribution in [0.2, 0.25) is 0 Å². The van der Waals surface area contributed by atoms with E-state index in [2.05, 4.69) is 0 Å². The van der Waals surface area contributed by atoms with Crippen molar-refractivity contribution < 1.29 is 13.5 Å². The first kappa shape index (κ1) is 13.8. The minimum Gasteiger partial charge on any atom is -0.369 e. The number of hydrogen-bond acceptors (Lipinski definition) is 3. The molecule has 0 bridgehead atoms. The molecule has 1 aromatic carbocycles. The maximum absolute atomic E-state index is 14.0. The van der Waals surface area contributed by atoms with Gasteiger partial charge in [-0.05, 0) is 32.9 Å². The van der Waals surface area contributed by atoms with Gasteiger partial charge in [0, 0.05) is 13.1 Å². The Labute approximate surface area is 111 Å². The minimum absolute atomic E-state index is 0.0145. The topological polar surface area (TPSA) is 36.3 Å². The number of nitrogens with zero attached hydrogens (tertiary/aromatic N) is 2. The zero-order valence-corrected chi connectivity index (χ0v) is 11.2. The summed E-state index contributed by atoms with van der Waals surface area (Å²) in [5.41, 5.74) is -0.564. The number of rotatable bonds is 1. The Hall–Kier alpha value is -1.67. The molecule has 19 heavy (non-hydrogen) atoms. The molecule has 0 radical (unpaired) electrons. The summed E-state index contributed by atoms with van der Waals surface area (Å²) in [6, 6.07) is 3.86. The number of ether oxygens (including phenoxy) is 1. The molecule has 1 aromatic rings. The van der Waals surface area contributed by atoms with E-state index < -0.39 is 17.2 Å². The molecule has 1 heterocycles. The Morgan fingerprint density at radius 1 is 1.37 bits per heavy atom. The quantitative estimate of drug-likeness (QED) is 0.784. The van der Waals surface area contributed by atoms with Gasteiger partial charge in [-0.25, -0.2) is 8.78 Å². The summed E-state index contributed by atoms with van der Waals surface area (Å²) in [7, 11) is 0. The van der Waals surface area contributed by atoms with Crippen molar-refractivity contribution in [3.63, 3.8) is 0 Å². The molecule has 0 aromatic heterocycles. The number of nitriles is 1. The highest BCUT2D eigenvalue weighted by Gasteiger charge is 2.33. The van der Waals surface area contributed by atoms with Crippen LogP contribution in [0.15, 0.2) is 12.1 Å². The van der Waals surface area contributed by atoms with Crippen LogP contribution in [-0.4, -0.2) is 24.8 Å². The molecule has 0 N–H and O–H groups in total. The van der Waals surface area contributed by atoms with E-state index in [0.717, 1.165) is 12.1 Å². The van der Waals surface area contributed by atoms with Crippen LogP contribution in [0.4, 0.5) is 14.5 Å². The van der Waals surface area contributed by atoms with Crippen LogP contribution in [0.1, 0.15) is 26.3 Å². The van der Waals surface area contributed by atoms with Gasteiger partial charge >= 0.3 is 0 Å². The van der Waals surface area contributed by atoms with E-state index in [1.165, 1.54) is 0 Å². The molecule has 0 aliphatic carbocycles. The van der Waals surface area contributed by atoms with Gasteiger partial charge in [0.25, 0.3) is 0 Å². The van der Waals surface area contributed by atoms with Crippen LogP contribution < -0.4 is 4.90 Å². The fourth-order valence-electron chi connectivity index (χ4n) is 2.56. The van der Waals surface area contributed by atoms with Crippen LogP contribution >= 0.6 is 0 Å². The molecule has 1 aliphatic rings. The van der Waals surface area contributed by atoms with E-state index in [1.54, 1.807) is 11.0 Å². The van der Waals surface area contributed by atoms with E-state index in [-0.39, 0.29) is 17.4 Å². The molecule has 0 amide bonds. The normalized spacial score (nSPS) is 22.1. The highest BCUT2D eigenvalue weighted by atomic mass is 19.1. The van der Waals surface area contributed by atoms with Gasteiger partial charge < -0.3 is 9.64 Å². The Bertz CT molecular complexity index is 514. The summed E-state index contributed by atoms with van der Waals surface area (Å²) in [6.45, 7) is 6.46. The van der Waals surface area contributed by atoms with E-state index in [0.29, 0.717) is 13.1 Å². The van der Waals surface area contributed by atoms with Gasteiger partial charge in [0.15, 0.2) is 11.6 Å². The fraction of sp³-hybridized carbons (Fsp3) is 0.500. The van der Waals surface area contributed by atoms with Crippen molar-refractivity contribution in [2.24, 2.45) is 0 Å². The van der Waals surface area contributed by atoms with E-state index in [4.69, 9.17) is 10.00 Å². The van der Waals surface area contributed by atoms with Crippen molar-refractivity contribution in [2.75, 3.05) is 18.0 Å². The molecular weight excluding hydrogens is 250 g/mol. The number of morpholine rings is 1. The number of hydrogen-bond donors (Lipinski definition) is 0. The smallest absolute Gasteiger partial charge is 0.150 e. The third-order valence-electron chi connectivity index (χ3n) is 3.03. The van der Waals surface area contributed by atoms with Crippen LogP contribution in [0.5, 0.6) is 0 Å². The van der Waals surface area contributed by atoms with Crippen LogP contribution in [-0.2, 0) is 4.74 Å². The molecule has 3 nitrogen and oxygen atoms in total. The summed E-state index contributed by atoms with van der Waals surface area (Å²) in [4.78, 5) is 1.64. The molecule has 0 spiro atoms. The third-order valence-corrected chi connectivity index (χ3v) is 3.03. The zero-order chi connectivity index (χ0) is 14.2. The van der Waals surface area contributed by atoms with Gasteiger partial charge in [0.05, 0.1) is 23.3 Å². The number of halogens is 2. The maximum atomic E-state index is 14.0. The van der Waals surface area contributed by atoms with Crippen LogP contribution in [0.25, 0.3) is 0 Å². The zero-order valence-electron chi connectivity index (χ0n) is 11.2. The summed E-state index contributed by atoms with van der Waals surface area (Å²) in [5, 5.41) is 8.70. The van der Waals surface area contributed by atoms with E-state index in [9.17, 15) is 8.78 Å². The Kier molecular flexibility index (Phi) is 3.46. The lowest BCUT2D eigenvalue weighted by molar-refractivity contribution is -0.0752. The van der Waals surface area contributed by atoms with E-state index in [1.807, 2.05) is 20.8 Å². The molecule has 1 aliphatic heterocycles. The average molecular weight is 266 g/mol. The molecule has 1 atom stereocenters. The molecule has 5 heteroatoms. The van der Waals surface area contributed by atoms with Crippen molar-refractivity contribution in [3.05, 3.63) is 29.3 Å². The highest BCUT2D eigenvalue weighted by molar-refractivity contribution is 5.53. The lowest BCUT2D eigenvalue weighted by atomic mass is 10.0. The first-order valence-electron chi connectivity index (χ1n) is 6.14. The summed E-state index contributed by atoms with van der Waals surface area (Å²) in [6.07, 6.45) is -0.113. The van der Waals surface area contributed by atoms with Gasteiger partial charge in [-0.15, -0.1) is 0 Å². The summed E-state index contributed by atoms with van der Waals surface area (Å²) < 4.78 is 33.7. The second kappa shape index (κ2) is 4.78. The van der Waals surface area contributed by atoms with Gasteiger partial charge in [-0.3, -0.25) is 0 Å². The number of benzene rings is 1. The summed E-state index contributed by atoms with van der Waals surface area (Å²) >= 11 is 0. The second-order valence-corrected chi connectivity index (χ2v) is 5.47. The number of anilines is 1. The average Bonchev–Trinajstić information content (AvgIpc) is 2.24. The van der Waals surface area contributed by atoms with Crippen molar-refractivity contribution in [1.29, 1.82) is 5.26 Å². The second-order valence-electron chi connectivity index (χ2n) is 5.47. The third kappa shape index (κ3) is 2.85. The van der Waals surface area contributed by atoms with Gasteiger partial charge in [-0.2, -0.15) is 5.26 Å². The van der Waals surface area contributed by atoms with E-state index >= 15 is 0 Å². The Morgan fingerprint density at radius 3 is 2.42 bits per heavy atom. The monoisotopic (exact) mass is 266 g/mol. The largest absolute Gasteiger partial charge is 0.369 e. The van der Waals surface area contributed by atoms with Crippen LogP contribution in [0, 0.1) is 23.0 Å². The molecule has 1 unspecified atom stereocenters. The lowest BCUT2D eigenvalue weighted by Gasteiger charge is -2.43. The molecule has 1 fully saturated rings. The fourth-order valence-corrected chi connectivity index (χ4v) is 2.56. The predicted octanol–water partition coefficient (Wildman–Crippen LogP) is 2.84. The van der Waals surface area contributed by atoms with Crippen molar-refractivity contribution >= 4 is 5.69 Å². The maximum Gasteiger partial charge on any atom is 0.150 e. The minimum atomic E-state index is -0.707. The van der Waals surface area contributed by atoms with Crippen molar-refractivity contribution in [2.45, 2.75) is 32.5 Å². The highest BCUT2D eigenvalue weighted by Crippen LogP contribution is 2.30. The Morgan fingerprint density at radius 2 is 1.95 bits per heavy atom. The first-order valence-corrected chi connectivity index (χ1v) is 6.14. The standard InChI is InChI=1S/C14H16F2N2O/c1-9-7-18(8-14(2,3)19-9)13-11(15)4-10(6-17)5-12(13)16/h4-5,9H,7-8H2,1-3H3. The SMILES string of the molecule is CC1CN(c2c(F)cc(C#N)cc2F)CC(C)(C)O1. The predicted molar refractivity (Wildman–Crippen MR) is 67.9 cm³/mol. The van der Waals surface area contributed by atoms with Gasteiger partial charge in [0.1, 0.15) is 5.69 Å². The molecule has 1 saturated heterocycles. The van der Waals surface area contributed by atoms with Crippen molar-refractivity contribution in [3.8, 4) is 6.07 Å². The van der Waals surface area contributed by atoms with Gasteiger partial charge in [0.2, 0.25) is 0 Å². The molecule has 2 rings (SSSR count). The van der Waals surface area contributed by atoms with Crippen LogP contribution in [0.3, 0.4) is 0 Å². The van der Waals surface area contributed by atoms with Crippen molar-refractivity contribution in [1.82, 2.24) is 0 Å². The Balaban J connectivity index is 2.39. The summed E-state index contributed by atoms with van der Waals surface area (Å²) in [5.74, 6) is -1.41. The molecule has 0 saturated carbocycles. The first-order chi connectivity index (χ1) is 8.82. The molecule has 102 valence electrons. The molecular formula is C14H16F2N2O. The lowest BCUT2D eigenvalue weighted by Crippen LogP contribution is -2.52.